The molecule has 1 aromatic heterocycles. The maximum Gasteiger partial charge on any atom is 0.229 e. The zero-order valence-electron chi connectivity index (χ0n) is 13.9. The van der Waals surface area contributed by atoms with Crippen LogP contribution in [-0.4, -0.2) is 54.1 Å². The zero-order chi connectivity index (χ0) is 16.4. The van der Waals surface area contributed by atoms with Gasteiger partial charge in [-0.2, -0.15) is 15.0 Å². The molecule has 0 atom stereocenters. The van der Waals surface area contributed by atoms with E-state index in [0.29, 0.717) is 18.3 Å². The molecule has 3 rings (SSSR count). The van der Waals surface area contributed by atoms with E-state index in [-0.39, 0.29) is 5.95 Å². The molecule has 122 valence electrons. The first kappa shape index (κ1) is 15.5. The Kier molecular flexibility index (Phi) is 4.29. The third kappa shape index (κ3) is 3.50. The van der Waals surface area contributed by atoms with Crippen molar-refractivity contribution in [3.8, 4) is 0 Å². The lowest BCUT2D eigenvalue weighted by atomic mass is 10.1. The van der Waals surface area contributed by atoms with Crippen molar-refractivity contribution < 1.29 is 0 Å². The molecule has 0 amide bonds. The molecular formula is C16H23N7. The van der Waals surface area contributed by atoms with Gasteiger partial charge in [-0.1, -0.05) is 18.2 Å². The van der Waals surface area contributed by atoms with Crippen molar-refractivity contribution in [1.82, 2.24) is 19.9 Å². The molecule has 1 aliphatic rings. The van der Waals surface area contributed by atoms with Crippen molar-refractivity contribution in [2.24, 2.45) is 0 Å². The lowest BCUT2D eigenvalue weighted by Crippen LogP contribution is -2.30. The molecule has 0 bridgehead atoms. The van der Waals surface area contributed by atoms with E-state index in [1.165, 1.54) is 11.3 Å². The minimum atomic E-state index is 0.269. The SMILES string of the molecule is CN(C)c1nc(N)nc(CN2CCN(C)c3ccccc3C2)n1. The van der Waals surface area contributed by atoms with Crippen molar-refractivity contribution in [2.75, 3.05) is 49.8 Å². The summed E-state index contributed by atoms with van der Waals surface area (Å²) in [5.41, 5.74) is 8.43. The number of anilines is 3. The van der Waals surface area contributed by atoms with Crippen LogP contribution in [0.4, 0.5) is 17.6 Å². The molecule has 2 aromatic rings. The van der Waals surface area contributed by atoms with Gasteiger partial charge in [-0.25, -0.2) is 0 Å². The quantitative estimate of drug-likeness (QED) is 0.905. The average molecular weight is 313 g/mol. The summed E-state index contributed by atoms with van der Waals surface area (Å²) >= 11 is 0. The van der Waals surface area contributed by atoms with E-state index in [0.717, 1.165) is 19.6 Å². The van der Waals surface area contributed by atoms with E-state index >= 15 is 0 Å². The summed E-state index contributed by atoms with van der Waals surface area (Å²) < 4.78 is 0. The minimum Gasteiger partial charge on any atom is -0.373 e. The van der Waals surface area contributed by atoms with Crippen LogP contribution in [0.5, 0.6) is 0 Å². The van der Waals surface area contributed by atoms with Crippen LogP contribution in [0.15, 0.2) is 24.3 Å². The molecule has 0 saturated heterocycles. The van der Waals surface area contributed by atoms with Gasteiger partial charge in [0.05, 0.1) is 6.54 Å². The van der Waals surface area contributed by atoms with E-state index in [2.05, 4.69) is 56.1 Å². The Morgan fingerprint density at radius 3 is 2.70 bits per heavy atom. The van der Waals surface area contributed by atoms with E-state index in [9.17, 15) is 0 Å². The van der Waals surface area contributed by atoms with Gasteiger partial charge in [0, 0.05) is 46.5 Å². The summed E-state index contributed by atoms with van der Waals surface area (Å²) in [6.45, 7) is 3.46. The van der Waals surface area contributed by atoms with Crippen LogP contribution in [0, 0.1) is 0 Å². The highest BCUT2D eigenvalue weighted by Crippen LogP contribution is 2.24. The van der Waals surface area contributed by atoms with Crippen molar-refractivity contribution >= 4 is 17.6 Å². The number of hydrogen-bond donors (Lipinski definition) is 1. The Hall–Kier alpha value is -2.41. The topological polar surface area (TPSA) is 74.4 Å². The molecular weight excluding hydrogens is 290 g/mol. The van der Waals surface area contributed by atoms with Gasteiger partial charge >= 0.3 is 0 Å². The van der Waals surface area contributed by atoms with Gasteiger partial charge in [0.25, 0.3) is 0 Å². The number of aromatic nitrogens is 3. The zero-order valence-corrected chi connectivity index (χ0v) is 13.9. The molecule has 1 aromatic carbocycles. The summed E-state index contributed by atoms with van der Waals surface area (Å²) in [7, 11) is 5.93. The number of nitrogens with zero attached hydrogens (tertiary/aromatic N) is 6. The lowest BCUT2D eigenvalue weighted by molar-refractivity contribution is 0.262. The van der Waals surface area contributed by atoms with Crippen LogP contribution in [0.25, 0.3) is 0 Å². The summed E-state index contributed by atoms with van der Waals surface area (Å²) in [5.74, 6) is 1.58. The van der Waals surface area contributed by atoms with Gasteiger partial charge < -0.3 is 15.5 Å². The molecule has 0 unspecified atom stereocenters. The van der Waals surface area contributed by atoms with Crippen molar-refractivity contribution in [2.45, 2.75) is 13.1 Å². The second-order valence-electron chi connectivity index (χ2n) is 6.07. The fourth-order valence-corrected chi connectivity index (χ4v) is 2.78. The van der Waals surface area contributed by atoms with Gasteiger partial charge in [0.15, 0.2) is 0 Å². The van der Waals surface area contributed by atoms with Crippen LogP contribution in [0.2, 0.25) is 0 Å². The average Bonchev–Trinajstić information content (AvgIpc) is 2.66. The molecule has 2 N–H and O–H groups in total. The number of likely N-dealkylation sites (N-methyl/N-ethyl adjacent to an activating group) is 1. The molecule has 7 nitrogen and oxygen atoms in total. The van der Waals surface area contributed by atoms with Crippen molar-refractivity contribution in [3.05, 3.63) is 35.7 Å². The number of nitrogens with two attached hydrogens (primary N) is 1. The highest BCUT2D eigenvalue weighted by atomic mass is 15.3. The number of para-hydroxylation sites is 1. The van der Waals surface area contributed by atoms with Crippen molar-refractivity contribution in [1.29, 1.82) is 0 Å². The Morgan fingerprint density at radius 1 is 1.13 bits per heavy atom. The predicted octanol–water partition coefficient (Wildman–Crippen LogP) is 0.972. The summed E-state index contributed by atoms with van der Waals surface area (Å²) in [6.07, 6.45) is 0. The number of nitrogen functional groups attached to an aromatic ring is 1. The normalized spacial score (nSPS) is 15.2. The van der Waals surface area contributed by atoms with E-state index < -0.39 is 0 Å². The second-order valence-corrected chi connectivity index (χ2v) is 6.07. The number of fused-ring (bicyclic) bond motifs is 1. The Bertz CT molecular complexity index is 686. The Morgan fingerprint density at radius 2 is 1.91 bits per heavy atom. The fourth-order valence-electron chi connectivity index (χ4n) is 2.78. The highest BCUT2D eigenvalue weighted by molar-refractivity contribution is 5.53. The van der Waals surface area contributed by atoms with Gasteiger partial charge in [-0.05, 0) is 11.6 Å². The smallest absolute Gasteiger partial charge is 0.229 e. The van der Waals surface area contributed by atoms with Crippen LogP contribution < -0.4 is 15.5 Å². The van der Waals surface area contributed by atoms with E-state index in [1.54, 1.807) is 0 Å². The molecule has 0 fully saturated rings. The van der Waals surface area contributed by atoms with Gasteiger partial charge in [-0.15, -0.1) is 0 Å². The van der Waals surface area contributed by atoms with Gasteiger partial charge in [0.2, 0.25) is 11.9 Å². The molecule has 0 spiro atoms. The minimum absolute atomic E-state index is 0.269. The molecule has 7 heteroatoms. The molecule has 0 radical (unpaired) electrons. The molecule has 0 aliphatic carbocycles. The van der Waals surface area contributed by atoms with Crippen LogP contribution >= 0.6 is 0 Å². The predicted molar refractivity (Wildman–Crippen MR) is 92.4 cm³/mol. The molecule has 23 heavy (non-hydrogen) atoms. The van der Waals surface area contributed by atoms with Crippen LogP contribution in [0.1, 0.15) is 11.4 Å². The lowest BCUT2D eigenvalue weighted by Gasteiger charge is -2.20. The maximum atomic E-state index is 5.82. The molecule has 2 heterocycles. The van der Waals surface area contributed by atoms with Gasteiger partial charge in [0.1, 0.15) is 5.82 Å². The maximum absolute atomic E-state index is 5.82. The third-order valence-electron chi connectivity index (χ3n) is 4.00. The standard InChI is InChI=1S/C16H23N7/c1-21(2)16-19-14(18-15(17)20-16)11-23-9-8-22(3)13-7-5-4-6-12(13)10-23/h4-7H,8-11H2,1-3H3,(H2,17,18,19,20). The molecule has 0 saturated carbocycles. The molecule has 1 aliphatic heterocycles. The number of hydrogen-bond acceptors (Lipinski definition) is 7. The fraction of sp³-hybridized carbons (Fsp3) is 0.438. The number of benzene rings is 1. The Labute approximate surface area is 136 Å². The summed E-state index contributed by atoms with van der Waals surface area (Å²) in [4.78, 5) is 19.4. The monoisotopic (exact) mass is 313 g/mol. The van der Waals surface area contributed by atoms with E-state index in [1.807, 2.05) is 19.0 Å². The number of rotatable bonds is 3. The highest BCUT2D eigenvalue weighted by Gasteiger charge is 2.18. The Balaban J connectivity index is 1.81. The first-order chi connectivity index (χ1) is 11.0. The van der Waals surface area contributed by atoms with Crippen LogP contribution in [-0.2, 0) is 13.1 Å². The summed E-state index contributed by atoms with van der Waals surface area (Å²) in [5, 5.41) is 0. The van der Waals surface area contributed by atoms with Crippen molar-refractivity contribution in [3.63, 3.8) is 0 Å². The van der Waals surface area contributed by atoms with Crippen LogP contribution in [0.3, 0.4) is 0 Å². The first-order valence-corrected chi connectivity index (χ1v) is 7.72. The summed E-state index contributed by atoms with van der Waals surface area (Å²) in [6, 6.07) is 8.52. The largest absolute Gasteiger partial charge is 0.373 e. The first-order valence-electron chi connectivity index (χ1n) is 7.72. The second kappa shape index (κ2) is 6.37. The third-order valence-corrected chi connectivity index (χ3v) is 4.00. The van der Waals surface area contributed by atoms with E-state index in [4.69, 9.17) is 5.73 Å². The van der Waals surface area contributed by atoms with Gasteiger partial charge in [-0.3, -0.25) is 4.90 Å².